The molecule has 9 heteroatoms. The van der Waals surface area contributed by atoms with Crippen molar-refractivity contribution in [2.75, 3.05) is 36.9 Å². The monoisotopic (exact) mass is 535 g/mol. The summed E-state index contributed by atoms with van der Waals surface area (Å²) in [6.07, 6.45) is 1.59. The lowest BCUT2D eigenvalue weighted by Gasteiger charge is -2.28. The molecule has 0 saturated carbocycles. The van der Waals surface area contributed by atoms with Crippen LogP contribution in [0.5, 0.6) is 0 Å². The fourth-order valence-corrected chi connectivity index (χ4v) is 6.46. The Bertz CT molecular complexity index is 1820. The van der Waals surface area contributed by atoms with Gasteiger partial charge in [-0.15, -0.1) is 0 Å². The molecule has 0 aliphatic carbocycles. The van der Waals surface area contributed by atoms with Crippen LogP contribution in [0, 0.1) is 11.3 Å². The van der Waals surface area contributed by atoms with E-state index in [2.05, 4.69) is 16.0 Å². The number of hydrogen-bond acceptors (Lipinski definition) is 7. The first-order valence-corrected chi connectivity index (χ1v) is 14.0. The summed E-state index contributed by atoms with van der Waals surface area (Å²) in [4.78, 5) is 6.94. The summed E-state index contributed by atoms with van der Waals surface area (Å²) in [6, 6.07) is 27.2. The summed E-state index contributed by atoms with van der Waals surface area (Å²) in [5.74, 6) is 0. The Morgan fingerprint density at radius 3 is 2.33 bits per heavy atom. The fourth-order valence-electron chi connectivity index (χ4n) is 4.95. The van der Waals surface area contributed by atoms with Gasteiger partial charge in [0.25, 0.3) is 10.0 Å². The summed E-state index contributed by atoms with van der Waals surface area (Å²) in [7, 11) is -4.00. The zero-order valence-electron chi connectivity index (χ0n) is 21.0. The van der Waals surface area contributed by atoms with E-state index in [0.29, 0.717) is 41.2 Å². The molecule has 2 N–H and O–H groups in total. The van der Waals surface area contributed by atoms with Crippen molar-refractivity contribution in [2.24, 2.45) is 0 Å². The number of fused-ring (bicyclic) bond motifs is 1. The second kappa shape index (κ2) is 9.91. The topological polar surface area (TPSA) is 114 Å². The van der Waals surface area contributed by atoms with Crippen LogP contribution in [-0.4, -0.2) is 43.7 Å². The minimum atomic E-state index is -4.00. The third-order valence-electron chi connectivity index (χ3n) is 6.97. The van der Waals surface area contributed by atoms with Gasteiger partial charge in [-0.3, -0.25) is 0 Å². The number of rotatable bonds is 5. The van der Waals surface area contributed by atoms with Crippen molar-refractivity contribution in [3.8, 4) is 28.5 Å². The molecule has 1 fully saturated rings. The van der Waals surface area contributed by atoms with Crippen LogP contribution >= 0.6 is 0 Å². The Hall–Kier alpha value is -4.65. The Kier molecular flexibility index (Phi) is 6.27. The second-order valence-corrected chi connectivity index (χ2v) is 11.1. The zero-order valence-corrected chi connectivity index (χ0v) is 21.8. The highest BCUT2D eigenvalue weighted by molar-refractivity contribution is 7.90. The third kappa shape index (κ3) is 4.40. The number of benzene rings is 3. The van der Waals surface area contributed by atoms with Crippen molar-refractivity contribution in [1.82, 2.24) is 8.96 Å². The van der Waals surface area contributed by atoms with Crippen molar-refractivity contribution in [3.05, 3.63) is 96.7 Å². The van der Waals surface area contributed by atoms with Crippen molar-refractivity contribution in [3.63, 3.8) is 0 Å². The minimum Gasteiger partial charge on any atom is -0.398 e. The van der Waals surface area contributed by atoms with Crippen molar-refractivity contribution < 1.29 is 13.2 Å². The van der Waals surface area contributed by atoms with E-state index in [4.69, 9.17) is 10.5 Å². The van der Waals surface area contributed by atoms with Gasteiger partial charge < -0.3 is 15.4 Å². The van der Waals surface area contributed by atoms with Gasteiger partial charge in [-0.2, -0.15) is 5.26 Å². The molecule has 5 aromatic rings. The lowest BCUT2D eigenvalue weighted by molar-refractivity contribution is 0.122. The van der Waals surface area contributed by atoms with Crippen LogP contribution in [0.1, 0.15) is 5.56 Å². The van der Waals surface area contributed by atoms with E-state index >= 15 is 0 Å². The molecular formula is C30H25N5O3S. The molecule has 2 aromatic heterocycles. The molecule has 3 aromatic carbocycles. The number of morpholine rings is 1. The Labute approximate surface area is 226 Å². The maximum atomic E-state index is 14.1. The van der Waals surface area contributed by atoms with E-state index in [1.807, 2.05) is 42.5 Å². The van der Waals surface area contributed by atoms with E-state index in [1.54, 1.807) is 48.7 Å². The lowest BCUT2D eigenvalue weighted by Crippen LogP contribution is -2.36. The number of nitrogens with zero attached hydrogens (tertiary/aromatic N) is 4. The molecule has 0 bridgehead atoms. The van der Waals surface area contributed by atoms with Gasteiger partial charge in [-0.25, -0.2) is 17.4 Å². The van der Waals surface area contributed by atoms with Gasteiger partial charge in [0.2, 0.25) is 0 Å². The lowest BCUT2D eigenvalue weighted by atomic mass is 10.0. The van der Waals surface area contributed by atoms with E-state index in [0.717, 1.165) is 35.5 Å². The molecule has 1 aliphatic rings. The molecule has 8 nitrogen and oxygen atoms in total. The summed E-state index contributed by atoms with van der Waals surface area (Å²) < 4.78 is 34.9. The highest BCUT2D eigenvalue weighted by Gasteiger charge is 2.26. The summed E-state index contributed by atoms with van der Waals surface area (Å²) in [5.41, 5.74) is 10.8. The summed E-state index contributed by atoms with van der Waals surface area (Å²) >= 11 is 0. The van der Waals surface area contributed by atoms with Gasteiger partial charge in [0, 0.05) is 36.0 Å². The first-order chi connectivity index (χ1) is 19.0. The highest BCUT2D eigenvalue weighted by atomic mass is 32.2. The van der Waals surface area contributed by atoms with Crippen LogP contribution in [0.25, 0.3) is 33.4 Å². The van der Waals surface area contributed by atoms with Crippen LogP contribution in [0.3, 0.4) is 0 Å². The number of anilines is 2. The predicted octanol–water partition coefficient (Wildman–Crippen LogP) is 4.90. The number of nitrogen functional groups attached to an aromatic ring is 1. The molecule has 1 aliphatic heterocycles. The fraction of sp³-hybridized carbons (Fsp3) is 0.133. The first kappa shape index (κ1) is 24.7. The first-order valence-electron chi connectivity index (χ1n) is 12.5. The Morgan fingerprint density at radius 1 is 0.897 bits per heavy atom. The number of aromatic nitrogens is 2. The molecule has 3 heterocycles. The minimum absolute atomic E-state index is 0.167. The number of nitrogens with two attached hydrogens (primary N) is 1. The van der Waals surface area contributed by atoms with E-state index in [1.165, 1.54) is 3.97 Å². The normalized spacial score (nSPS) is 13.9. The molecule has 0 amide bonds. The van der Waals surface area contributed by atoms with Gasteiger partial charge in [0.15, 0.2) is 5.65 Å². The molecule has 0 atom stereocenters. The van der Waals surface area contributed by atoms with E-state index < -0.39 is 10.0 Å². The molecule has 194 valence electrons. The average molecular weight is 536 g/mol. The highest BCUT2D eigenvalue weighted by Crippen LogP contribution is 2.37. The van der Waals surface area contributed by atoms with Crippen LogP contribution in [0.4, 0.5) is 11.4 Å². The van der Waals surface area contributed by atoms with Crippen molar-refractivity contribution >= 4 is 32.4 Å². The largest absolute Gasteiger partial charge is 0.398 e. The van der Waals surface area contributed by atoms with Gasteiger partial charge >= 0.3 is 0 Å². The third-order valence-corrected chi connectivity index (χ3v) is 8.69. The maximum absolute atomic E-state index is 14.1. The standard InChI is InChI=1S/C30H25N5O3S/c31-20-23-18-22(8-11-28(23)32)26-12-13-33-30-27(26)19-29(35(30)39(36,37)25-4-2-1-3-5-25)21-6-9-24(10-7-21)34-14-16-38-17-15-34/h1-13,18-19H,14-17,32H2. The number of pyridine rings is 1. The van der Waals surface area contributed by atoms with Crippen LogP contribution in [0.15, 0.2) is 96.0 Å². The molecule has 0 radical (unpaired) electrons. The average Bonchev–Trinajstić information content (AvgIpc) is 3.39. The Morgan fingerprint density at radius 2 is 1.62 bits per heavy atom. The van der Waals surface area contributed by atoms with Crippen LogP contribution in [-0.2, 0) is 14.8 Å². The molecule has 39 heavy (non-hydrogen) atoms. The Balaban J connectivity index is 1.57. The van der Waals surface area contributed by atoms with E-state index in [9.17, 15) is 13.7 Å². The molecule has 6 rings (SSSR count). The molecular weight excluding hydrogens is 510 g/mol. The molecule has 0 spiro atoms. The SMILES string of the molecule is N#Cc1cc(-c2ccnc3c2cc(-c2ccc(N4CCOCC4)cc2)n3S(=O)(=O)c2ccccc2)ccc1N. The second-order valence-electron chi connectivity index (χ2n) is 9.27. The predicted molar refractivity (Wildman–Crippen MR) is 152 cm³/mol. The van der Waals surface area contributed by atoms with Crippen LogP contribution < -0.4 is 10.6 Å². The maximum Gasteiger partial charge on any atom is 0.269 e. The van der Waals surface area contributed by atoms with Gasteiger partial charge in [0.1, 0.15) is 6.07 Å². The summed E-state index contributed by atoms with van der Waals surface area (Å²) in [6.45, 7) is 2.97. The van der Waals surface area contributed by atoms with Gasteiger partial charge in [0.05, 0.1) is 29.4 Å². The van der Waals surface area contributed by atoms with Crippen molar-refractivity contribution in [2.45, 2.75) is 4.90 Å². The number of hydrogen-bond donors (Lipinski definition) is 1. The molecule has 1 saturated heterocycles. The van der Waals surface area contributed by atoms with Crippen molar-refractivity contribution in [1.29, 1.82) is 5.26 Å². The van der Waals surface area contributed by atoms with Gasteiger partial charge in [-0.1, -0.05) is 36.4 Å². The van der Waals surface area contributed by atoms with Gasteiger partial charge in [-0.05, 0) is 65.2 Å². The number of ether oxygens (including phenoxy) is 1. The van der Waals surface area contributed by atoms with E-state index in [-0.39, 0.29) is 4.90 Å². The summed E-state index contributed by atoms with van der Waals surface area (Å²) in [5, 5.41) is 10.2. The molecule has 0 unspecified atom stereocenters. The quantitative estimate of drug-likeness (QED) is 0.319. The zero-order chi connectivity index (χ0) is 27.0. The smallest absolute Gasteiger partial charge is 0.269 e. The van der Waals surface area contributed by atoms with Crippen LogP contribution in [0.2, 0.25) is 0 Å². The number of nitriles is 1.